The molecular formula is C20H42O4Si2. The van der Waals surface area contributed by atoms with Gasteiger partial charge >= 0.3 is 0 Å². The second kappa shape index (κ2) is 6.95. The van der Waals surface area contributed by atoms with Gasteiger partial charge in [0.1, 0.15) is 5.60 Å². The summed E-state index contributed by atoms with van der Waals surface area (Å²) in [5.74, 6) is 0. The van der Waals surface area contributed by atoms with Crippen LogP contribution in [0.15, 0.2) is 0 Å². The van der Waals surface area contributed by atoms with Crippen LogP contribution < -0.4 is 0 Å². The first kappa shape index (κ1) is 22.6. The van der Waals surface area contributed by atoms with Gasteiger partial charge in [-0.2, -0.15) is 0 Å². The molecule has 1 saturated carbocycles. The van der Waals surface area contributed by atoms with Crippen LogP contribution in [-0.2, 0) is 13.6 Å². The van der Waals surface area contributed by atoms with Gasteiger partial charge in [-0.25, -0.2) is 0 Å². The average Bonchev–Trinajstić information content (AvgIpc) is 2.91. The van der Waals surface area contributed by atoms with Gasteiger partial charge in [-0.3, -0.25) is 0 Å². The fraction of sp³-hybridized carbons (Fsp3) is 1.00. The number of hydrogen-bond acceptors (Lipinski definition) is 4. The average molecular weight is 403 g/mol. The largest absolute Gasteiger partial charge is 0.411 e. The van der Waals surface area contributed by atoms with Crippen molar-refractivity contribution in [2.24, 2.45) is 0 Å². The molecule has 2 fully saturated rings. The van der Waals surface area contributed by atoms with Crippen LogP contribution in [0.25, 0.3) is 0 Å². The summed E-state index contributed by atoms with van der Waals surface area (Å²) in [5, 5.41) is 10.7. The van der Waals surface area contributed by atoms with Gasteiger partial charge in [0.25, 0.3) is 0 Å². The molecule has 4 atom stereocenters. The monoisotopic (exact) mass is 402 g/mol. The van der Waals surface area contributed by atoms with Gasteiger partial charge in [0.05, 0.1) is 12.2 Å². The Morgan fingerprint density at radius 3 is 1.81 bits per heavy atom. The molecule has 1 aliphatic carbocycles. The van der Waals surface area contributed by atoms with Crippen molar-refractivity contribution < 1.29 is 18.7 Å². The van der Waals surface area contributed by atoms with Crippen molar-refractivity contribution in [3.8, 4) is 0 Å². The van der Waals surface area contributed by atoms with Gasteiger partial charge < -0.3 is 18.7 Å². The Bertz CT molecular complexity index is 507. The third kappa shape index (κ3) is 4.15. The number of hydrogen-bond donors (Lipinski definition) is 1. The normalized spacial score (nSPS) is 34.0. The zero-order chi connectivity index (χ0) is 20.2. The topological polar surface area (TPSA) is 47.9 Å². The first-order valence-corrected chi connectivity index (χ1v) is 16.0. The molecule has 1 heterocycles. The molecule has 4 nitrogen and oxygen atoms in total. The maximum atomic E-state index is 10.4. The smallest absolute Gasteiger partial charge is 0.192 e. The minimum Gasteiger partial charge on any atom is -0.411 e. The maximum Gasteiger partial charge on any atom is 0.192 e. The Balaban J connectivity index is 2.28. The quantitative estimate of drug-likeness (QED) is 0.637. The fourth-order valence-corrected chi connectivity index (χ4v) is 6.35. The lowest BCUT2D eigenvalue weighted by Crippen LogP contribution is -2.57. The molecule has 26 heavy (non-hydrogen) atoms. The second-order valence-electron chi connectivity index (χ2n) is 11.4. The Labute approximate surface area is 163 Å². The molecule has 6 heteroatoms. The summed E-state index contributed by atoms with van der Waals surface area (Å²) in [6.07, 6.45) is 2.76. The molecule has 0 amide bonds. The van der Waals surface area contributed by atoms with Crippen molar-refractivity contribution in [2.45, 2.75) is 128 Å². The molecule has 0 aromatic carbocycles. The van der Waals surface area contributed by atoms with E-state index in [-0.39, 0.29) is 22.3 Å². The van der Waals surface area contributed by atoms with E-state index in [4.69, 9.17) is 13.6 Å². The predicted molar refractivity (Wildman–Crippen MR) is 112 cm³/mol. The van der Waals surface area contributed by atoms with Crippen molar-refractivity contribution in [3.63, 3.8) is 0 Å². The van der Waals surface area contributed by atoms with E-state index < -0.39 is 28.5 Å². The van der Waals surface area contributed by atoms with E-state index in [2.05, 4.69) is 67.7 Å². The van der Waals surface area contributed by atoms with Crippen LogP contribution in [-0.4, -0.2) is 45.8 Å². The lowest BCUT2D eigenvalue weighted by molar-refractivity contribution is -0.177. The van der Waals surface area contributed by atoms with E-state index in [1.54, 1.807) is 0 Å². The standard InChI is InChI=1S/C20H42O4Si2/c1-18(2,3)25(7,8)23-15-12-11-13-20(15)16(14-17(21)22-20)24-26(9,10)19(4,5)6/h15-17,21H,11-14H2,1-10H3/t15-,16-,17?,20+/m0/s1. The molecule has 1 spiro atoms. The Morgan fingerprint density at radius 2 is 1.35 bits per heavy atom. The minimum absolute atomic E-state index is 0.0234. The van der Waals surface area contributed by atoms with E-state index in [9.17, 15) is 5.11 Å². The van der Waals surface area contributed by atoms with E-state index in [0.29, 0.717) is 6.42 Å². The van der Waals surface area contributed by atoms with Crippen LogP contribution in [0.1, 0.15) is 67.2 Å². The first-order valence-electron chi connectivity index (χ1n) is 10.2. The Morgan fingerprint density at radius 1 is 0.885 bits per heavy atom. The van der Waals surface area contributed by atoms with E-state index in [0.717, 1.165) is 19.3 Å². The maximum absolute atomic E-state index is 10.4. The van der Waals surface area contributed by atoms with Crippen molar-refractivity contribution in [3.05, 3.63) is 0 Å². The molecule has 154 valence electrons. The van der Waals surface area contributed by atoms with Crippen LogP contribution in [0.2, 0.25) is 36.3 Å². The van der Waals surface area contributed by atoms with E-state index in [1.807, 2.05) is 0 Å². The van der Waals surface area contributed by atoms with Crippen molar-refractivity contribution in [1.82, 2.24) is 0 Å². The second-order valence-corrected chi connectivity index (χ2v) is 20.9. The van der Waals surface area contributed by atoms with Crippen molar-refractivity contribution >= 4 is 16.6 Å². The number of aliphatic hydroxyl groups excluding tert-OH is 1. The zero-order valence-corrected chi connectivity index (χ0v) is 20.7. The third-order valence-corrected chi connectivity index (χ3v) is 16.4. The lowest BCUT2D eigenvalue weighted by Gasteiger charge is -2.46. The number of aliphatic hydroxyl groups is 1. The lowest BCUT2D eigenvalue weighted by atomic mass is 9.93. The summed E-state index contributed by atoms with van der Waals surface area (Å²) in [6, 6.07) is 0. The van der Waals surface area contributed by atoms with Gasteiger partial charge in [-0.1, -0.05) is 41.5 Å². The molecular weight excluding hydrogens is 360 g/mol. The van der Waals surface area contributed by atoms with E-state index in [1.165, 1.54) is 0 Å². The van der Waals surface area contributed by atoms with Gasteiger partial charge in [0.15, 0.2) is 22.9 Å². The molecule has 1 aliphatic heterocycles. The van der Waals surface area contributed by atoms with Gasteiger partial charge in [-0.15, -0.1) is 0 Å². The van der Waals surface area contributed by atoms with Gasteiger partial charge in [0.2, 0.25) is 0 Å². The summed E-state index contributed by atoms with van der Waals surface area (Å²) in [4.78, 5) is 0. The molecule has 1 N–H and O–H groups in total. The van der Waals surface area contributed by atoms with Crippen LogP contribution >= 0.6 is 0 Å². The fourth-order valence-electron chi connectivity index (χ4n) is 3.60. The number of rotatable bonds is 4. The molecule has 0 radical (unpaired) electrons. The molecule has 0 aromatic rings. The van der Waals surface area contributed by atoms with E-state index >= 15 is 0 Å². The summed E-state index contributed by atoms with van der Waals surface area (Å²) in [7, 11) is -3.87. The summed E-state index contributed by atoms with van der Waals surface area (Å²) in [6.45, 7) is 22.8. The van der Waals surface area contributed by atoms with Gasteiger partial charge in [-0.05, 0) is 55.5 Å². The van der Waals surface area contributed by atoms with Crippen LogP contribution in [0.5, 0.6) is 0 Å². The Hall–Kier alpha value is 0.274. The summed E-state index contributed by atoms with van der Waals surface area (Å²) in [5.41, 5.74) is -0.482. The summed E-state index contributed by atoms with van der Waals surface area (Å²) >= 11 is 0. The third-order valence-electron chi connectivity index (χ3n) is 7.38. The highest BCUT2D eigenvalue weighted by Crippen LogP contribution is 2.51. The molecule has 1 unspecified atom stereocenters. The Kier molecular flexibility index (Phi) is 6.03. The minimum atomic E-state index is -1.95. The zero-order valence-electron chi connectivity index (χ0n) is 18.7. The molecule has 1 saturated heterocycles. The number of ether oxygens (including phenoxy) is 1. The summed E-state index contributed by atoms with van der Waals surface area (Å²) < 4.78 is 19.8. The van der Waals surface area contributed by atoms with Crippen molar-refractivity contribution in [2.75, 3.05) is 0 Å². The van der Waals surface area contributed by atoms with Crippen molar-refractivity contribution in [1.29, 1.82) is 0 Å². The van der Waals surface area contributed by atoms with Crippen LogP contribution in [0, 0.1) is 0 Å². The highest BCUT2D eigenvalue weighted by molar-refractivity contribution is 6.74. The van der Waals surface area contributed by atoms with Crippen LogP contribution in [0.4, 0.5) is 0 Å². The molecule has 0 aromatic heterocycles. The SMILES string of the molecule is CC(C)(C)[Si](C)(C)O[C@H]1CCC[C@@]12OC(O)C[C@@H]2O[Si](C)(C)C(C)(C)C. The molecule has 2 aliphatic rings. The first-order chi connectivity index (χ1) is 11.5. The van der Waals surface area contributed by atoms with Gasteiger partial charge in [0, 0.05) is 6.42 Å². The highest BCUT2D eigenvalue weighted by atomic mass is 28.4. The molecule has 0 bridgehead atoms. The predicted octanol–water partition coefficient (Wildman–Crippen LogP) is 5.43. The van der Waals surface area contributed by atoms with Crippen LogP contribution in [0.3, 0.4) is 0 Å². The molecule has 2 rings (SSSR count). The highest BCUT2D eigenvalue weighted by Gasteiger charge is 2.60.